The molecule has 1 aromatic carbocycles. The molecule has 4 aromatic rings. The number of imidazole rings is 1. The summed E-state index contributed by atoms with van der Waals surface area (Å²) in [7, 11) is 1.89. The van der Waals surface area contributed by atoms with Gasteiger partial charge in [-0.1, -0.05) is 36.3 Å². The Balaban J connectivity index is 1.41. The summed E-state index contributed by atoms with van der Waals surface area (Å²) in [6.07, 6.45) is 5.90. The number of piperidine rings is 1. The van der Waals surface area contributed by atoms with Crippen molar-refractivity contribution >= 4 is 39.9 Å². The third kappa shape index (κ3) is 5.52. The van der Waals surface area contributed by atoms with Crippen LogP contribution >= 0.6 is 23.3 Å². The number of aryl methyl sites for hydroxylation is 1. The van der Waals surface area contributed by atoms with E-state index in [0.717, 1.165) is 73.0 Å². The van der Waals surface area contributed by atoms with E-state index in [9.17, 15) is 8.78 Å². The molecule has 1 saturated heterocycles. The second-order valence-corrected chi connectivity index (χ2v) is 11.3. The fraction of sp³-hybridized carbons (Fsp3) is 0.407. The largest absolute Gasteiger partial charge is 0.396 e. The fourth-order valence-corrected chi connectivity index (χ4v) is 6.58. The van der Waals surface area contributed by atoms with Crippen LogP contribution in [0.3, 0.4) is 0 Å². The number of hydrogen-bond acceptors (Lipinski definition) is 7. The van der Waals surface area contributed by atoms with Crippen molar-refractivity contribution in [2.24, 2.45) is 0 Å². The lowest BCUT2D eigenvalue weighted by molar-refractivity contribution is 0.295. The van der Waals surface area contributed by atoms with Crippen LogP contribution in [0.2, 0.25) is 0 Å². The first-order valence-corrected chi connectivity index (χ1v) is 14.4. The summed E-state index contributed by atoms with van der Waals surface area (Å²) in [5, 5.41) is 9.15. The summed E-state index contributed by atoms with van der Waals surface area (Å²) in [6.45, 7) is 4.36. The molecule has 37 heavy (non-hydrogen) atoms. The van der Waals surface area contributed by atoms with Gasteiger partial charge in [-0.05, 0) is 67.5 Å². The number of aliphatic hydroxyl groups excluding tert-OH is 1. The highest BCUT2D eigenvalue weighted by Gasteiger charge is 2.24. The number of hydrogen-bond donors (Lipinski definition) is 1. The van der Waals surface area contributed by atoms with Crippen molar-refractivity contribution in [3.63, 3.8) is 0 Å². The van der Waals surface area contributed by atoms with Gasteiger partial charge >= 0.3 is 0 Å². The molecule has 1 aliphatic heterocycles. The average molecular weight is 544 g/mol. The summed E-state index contributed by atoms with van der Waals surface area (Å²) in [4.78, 5) is 11.3. The van der Waals surface area contributed by atoms with Gasteiger partial charge in [0, 0.05) is 44.3 Å². The molecule has 1 fully saturated rings. The highest BCUT2D eigenvalue weighted by Crippen LogP contribution is 2.37. The lowest BCUT2D eigenvalue weighted by atomic mass is 9.91. The smallest absolute Gasteiger partial charge is 0.206 e. The van der Waals surface area contributed by atoms with Crippen molar-refractivity contribution in [3.05, 3.63) is 64.8 Å². The van der Waals surface area contributed by atoms with E-state index in [2.05, 4.69) is 38.9 Å². The summed E-state index contributed by atoms with van der Waals surface area (Å²) in [5.41, 5.74) is 3.83. The first kappa shape index (κ1) is 26.1. The Morgan fingerprint density at radius 1 is 1.11 bits per heavy atom. The minimum absolute atomic E-state index is 0.225. The summed E-state index contributed by atoms with van der Waals surface area (Å²) < 4.78 is 32.8. The van der Waals surface area contributed by atoms with Crippen molar-refractivity contribution in [2.75, 3.05) is 37.4 Å². The molecule has 4 heterocycles. The van der Waals surface area contributed by atoms with Gasteiger partial charge in [0.05, 0.1) is 5.69 Å². The summed E-state index contributed by atoms with van der Waals surface area (Å²) in [6, 6.07) is 9.98. The molecule has 196 valence electrons. The van der Waals surface area contributed by atoms with Crippen molar-refractivity contribution in [2.45, 2.75) is 38.5 Å². The molecule has 3 aromatic heterocycles. The maximum absolute atomic E-state index is 14.9. The third-order valence-corrected chi connectivity index (χ3v) is 8.94. The van der Waals surface area contributed by atoms with Crippen LogP contribution in [0.1, 0.15) is 43.4 Å². The number of aromatic nitrogens is 3. The van der Waals surface area contributed by atoms with Crippen molar-refractivity contribution < 1.29 is 13.9 Å². The van der Waals surface area contributed by atoms with E-state index in [1.807, 2.05) is 23.9 Å². The molecular weight excluding hydrogens is 512 g/mol. The summed E-state index contributed by atoms with van der Waals surface area (Å²) in [5.74, 6) is 1.94. The molecule has 0 bridgehead atoms. The normalized spacial score (nSPS) is 15.1. The van der Waals surface area contributed by atoms with Crippen LogP contribution in [0.4, 0.5) is 19.7 Å². The number of halogens is 2. The molecule has 0 radical (unpaired) electrons. The minimum atomic E-state index is -0.398. The van der Waals surface area contributed by atoms with Crippen LogP contribution in [-0.4, -0.2) is 56.3 Å². The van der Waals surface area contributed by atoms with Gasteiger partial charge in [0.15, 0.2) is 5.13 Å². The molecule has 0 amide bonds. The minimum Gasteiger partial charge on any atom is -0.396 e. The lowest BCUT2D eigenvalue weighted by Crippen LogP contribution is -2.28. The van der Waals surface area contributed by atoms with Crippen LogP contribution in [0.25, 0.3) is 16.9 Å². The van der Waals surface area contributed by atoms with E-state index in [-0.39, 0.29) is 18.1 Å². The molecule has 0 unspecified atom stereocenters. The number of aliphatic hydroxyl groups is 1. The number of anilines is 2. The Labute approximate surface area is 224 Å². The predicted octanol–water partition coefficient (Wildman–Crippen LogP) is 6.28. The zero-order chi connectivity index (χ0) is 25.9. The van der Waals surface area contributed by atoms with Gasteiger partial charge in [0.2, 0.25) is 5.13 Å². The number of nitrogens with zero attached hydrogens (tertiary/aromatic N) is 5. The quantitative estimate of drug-likeness (QED) is 0.198. The zero-order valence-corrected chi connectivity index (χ0v) is 22.7. The topological polar surface area (TPSA) is 56.9 Å². The van der Waals surface area contributed by atoms with Gasteiger partial charge in [-0.25, -0.2) is 14.4 Å². The number of rotatable bonds is 9. The van der Waals surface area contributed by atoms with E-state index < -0.39 is 5.13 Å². The van der Waals surface area contributed by atoms with Crippen molar-refractivity contribution in [3.8, 4) is 11.3 Å². The monoisotopic (exact) mass is 543 g/mol. The van der Waals surface area contributed by atoms with Crippen LogP contribution in [0.15, 0.2) is 42.6 Å². The molecule has 0 aliphatic carbocycles. The first-order valence-electron chi connectivity index (χ1n) is 12.6. The van der Waals surface area contributed by atoms with Gasteiger partial charge in [-0.2, -0.15) is 4.39 Å². The molecule has 1 N–H and O–H groups in total. The SMILES string of the molecule is CCc1nc2ccc(C3CCN(SCCCO)CC3)cn2c1N(C)c1nc(-c2ccc(F)cc2)c(F)s1. The van der Waals surface area contributed by atoms with Crippen LogP contribution < -0.4 is 4.90 Å². The van der Waals surface area contributed by atoms with Gasteiger partial charge in [0.1, 0.15) is 23.0 Å². The van der Waals surface area contributed by atoms with Crippen molar-refractivity contribution in [1.82, 2.24) is 18.7 Å². The maximum Gasteiger partial charge on any atom is 0.206 e. The van der Waals surface area contributed by atoms with E-state index in [1.165, 1.54) is 17.7 Å². The van der Waals surface area contributed by atoms with Gasteiger partial charge in [-0.3, -0.25) is 8.71 Å². The van der Waals surface area contributed by atoms with Gasteiger partial charge < -0.3 is 10.0 Å². The second-order valence-electron chi connectivity index (χ2n) is 9.22. The van der Waals surface area contributed by atoms with Crippen molar-refractivity contribution in [1.29, 1.82) is 0 Å². The van der Waals surface area contributed by atoms with Crippen LogP contribution in [-0.2, 0) is 6.42 Å². The van der Waals surface area contributed by atoms with E-state index in [4.69, 9.17) is 10.1 Å². The third-order valence-electron chi connectivity index (χ3n) is 6.82. The highest BCUT2D eigenvalue weighted by atomic mass is 32.2. The average Bonchev–Trinajstić information content (AvgIpc) is 3.49. The van der Waals surface area contributed by atoms with Gasteiger partial charge in [-0.15, -0.1) is 0 Å². The molecule has 10 heteroatoms. The predicted molar refractivity (Wildman–Crippen MR) is 148 cm³/mol. The molecule has 0 saturated carbocycles. The van der Waals surface area contributed by atoms with Gasteiger partial charge in [0.25, 0.3) is 0 Å². The molecule has 0 spiro atoms. The molecular formula is C27H31F2N5OS2. The number of thiazole rings is 1. The Kier molecular flexibility index (Phi) is 8.09. The second kappa shape index (κ2) is 11.5. The molecule has 5 rings (SSSR count). The maximum atomic E-state index is 14.9. The zero-order valence-electron chi connectivity index (χ0n) is 21.0. The summed E-state index contributed by atoms with van der Waals surface area (Å²) >= 11 is 2.81. The van der Waals surface area contributed by atoms with Crippen LogP contribution in [0.5, 0.6) is 0 Å². The fourth-order valence-electron chi connectivity index (χ4n) is 4.82. The Bertz CT molecular complexity index is 1350. The number of benzene rings is 1. The van der Waals surface area contributed by atoms with E-state index in [0.29, 0.717) is 16.6 Å². The standard InChI is InChI=1S/C27H31F2N5OS2/c1-3-22-26(32(2)27-31-24(25(29)37-27)19-5-8-21(28)9-6-19)34-17-20(7-10-23(34)30-22)18-11-13-33(14-12-18)36-16-4-15-35/h5-10,17-18,35H,3-4,11-16H2,1-2H3. The number of pyridine rings is 1. The molecule has 1 aliphatic rings. The first-order chi connectivity index (χ1) is 18.0. The lowest BCUT2D eigenvalue weighted by Gasteiger charge is -2.31. The van der Waals surface area contributed by atoms with E-state index >= 15 is 0 Å². The highest BCUT2D eigenvalue weighted by molar-refractivity contribution is 7.97. The Morgan fingerprint density at radius 3 is 2.57 bits per heavy atom. The number of fused-ring (bicyclic) bond motifs is 1. The Morgan fingerprint density at radius 2 is 1.86 bits per heavy atom. The van der Waals surface area contributed by atoms with E-state index in [1.54, 1.807) is 12.1 Å². The Hall–Kier alpha value is -2.53. The van der Waals surface area contributed by atoms with Crippen LogP contribution in [0, 0.1) is 10.9 Å². The molecule has 6 nitrogen and oxygen atoms in total. The molecule has 0 atom stereocenters.